The molecule has 0 amide bonds. The van der Waals surface area contributed by atoms with Gasteiger partial charge in [-0.05, 0) is 53.9 Å². The molecule has 0 bridgehead atoms. The highest BCUT2D eigenvalue weighted by atomic mass is 19.4. The van der Waals surface area contributed by atoms with Crippen LogP contribution in [0.5, 0.6) is 5.75 Å². The largest absolute Gasteiger partial charge is 0.489 e. The average Bonchev–Trinajstić information content (AvgIpc) is 3.29. The number of hydrogen-bond donors (Lipinski definition) is 1. The number of benzene rings is 4. The second-order valence-electron chi connectivity index (χ2n) is 9.31. The molecule has 5 rings (SSSR count). The van der Waals surface area contributed by atoms with Gasteiger partial charge in [0.1, 0.15) is 17.9 Å². The number of carboxylic acid groups (broad SMARTS) is 1. The van der Waals surface area contributed by atoms with Crippen molar-refractivity contribution in [2.45, 2.75) is 32.2 Å². The van der Waals surface area contributed by atoms with Gasteiger partial charge in [-0.2, -0.15) is 18.3 Å². The highest BCUT2D eigenvalue weighted by Crippen LogP contribution is 2.38. The van der Waals surface area contributed by atoms with Gasteiger partial charge in [-0.15, -0.1) is 0 Å². The molecule has 0 fully saturated rings. The van der Waals surface area contributed by atoms with E-state index in [1.54, 1.807) is 41.9 Å². The maximum atomic E-state index is 13.8. The van der Waals surface area contributed by atoms with Gasteiger partial charge >= 0.3 is 12.1 Å². The highest BCUT2D eigenvalue weighted by molar-refractivity contribution is 5.95. The lowest BCUT2D eigenvalue weighted by atomic mass is 10.0. The number of alkyl halides is 3. The molecule has 5 aromatic rings. The molecule has 0 radical (unpaired) electrons. The van der Waals surface area contributed by atoms with Crippen LogP contribution in [0, 0.1) is 0 Å². The van der Waals surface area contributed by atoms with Crippen molar-refractivity contribution in [2.24, 2.45) is 0 Å². The zero-order valence-corrected chi connectivity index (χ0v) is 21.0. The van der Waals surface area contributed by atoms with Crippen LogP contribution >= 0.6 is 0 Å². The Balaban J connectivity index is 1.42. The molecule has 4 aromatic carbocycles. The highest BCUT2D eigenvalue weighted by Gasteiger charge is 2.34. The maximum Gasteiger partial charge on any atom is 0.418 e. The van der Waals surface area contributed by atoms with Gasteiger partial charge in [-0.1, -0.05) is 66.7 Å². The molecule has 0 aliphatic heterocycles. The van der Waals surface area contributed by atoms with E-state index in [0.29, 0.717) is 34.5 Å². The Morgan fingerprint density at radius 3 is 2.23 bits per heavy atom. The van der Waals surface area contributed by atoms with Crippen molar-refractivity contribution in [1.82, 2.24) is 9.78 Å². The van der Waals surface area contributed by atoms with Gasteiger partial charge in [0.15, 0.2) is 0 Å². The van der Waals surface area contributed by atoms with Crippen LogP contribution in [-0.2, 0) is 24.1 Å². The minimum Gasteiger partial charge on any atom is -0.489 e. The molecular formula is C31H25F3N2O3. The summed E-state index contributed by atoms with van der Waals surface area (Å²) in [5.41, 5.74) is 2.97. The summed E-state index contributed by atoms with van der Waals surface area (Å²) in [5, 5.41) is 14.0. The first kappa shape index (κ1) is 26.0. The molecule has 0 spiro atoms. The third-order valence-electron chi connectivity index (χ3n) is 6.63. The lowest BCUT2D eigenvalue weighted by Crippen LogP contribution is -2.07. The van der Waals surface area contributed by atoms with Gasteiger partial charge in [0.05, 0.1) is 23.7 Å². The standard InChI is InChI=1S/C31H25F3N2O3/c1-20(30(37)38)23-12-10-22(11-13-23)19-39-25-16-14-24(15-17-25)29-26-8-5-9-27(31(32,33)34)28(26)35-36(29)18-21-6-3-2-4-7-21/h2-17,20H,18-19H2,1H3,(H,37,38). The van der Waals surface area contributed by atoms with Gasteiger partial charge in [0, 0.05) is 10.9 Å². The predicted octanol–water partition coefficient (Wildman–Crippen LogP) is 7.54. The first-order chi connectivity index (χ1) is 18.7. The maximum absolute atomic E-state index is 13.8. The molecule has 1 aromatic heterocycles. The first-order valence-corrected chi connectivity index (χ1v) is 12.4. The average molecular weight is 531 g/mol. The summed E-state index contributed by atoms with van der Waals surface area (Å²) in [6, 6.07) is 28.0. The van der Waals surface area contributed by atoms with Crippen molar-refractivity contribution in [2.75, 3.05) is 0 Å². The lowest BCUT2D eigenvalue weighted by molar-refractivity contribution is -0.138. The molecule has 0 aliphatic rings. The smallest absolute Gasteiger partial charge is 0.418 e. The van der Waals surface area contributed by atoms with Crippen LogP contribution < -0.4 is 4.74 Å². The summed E-state index contributed by atoms with van der Waals surface area (Å²) >= 11 is 0. The van der Waals surface area contributed by atoms with E-state index in [9.17, 15) is 18.0 Å². The van der Waals surface area contributed by atoms with Crippen LogP contribution in [0.4, 0.5) is 13.2 Å². The van der Waals surface area contributed by atoms with E-state index in [-0.39, 0.29) is 12.1 Å². The molecule has 1 unspecified atom stereocenters. The van der Waals surface area contributed by atoms with E-state index in [0.717, 1.165) is 17.2 Å². The molecule has 0 saturated carbocycles. The quantitative estimate of drug-likeness (QED) is 0.225. The van der Waals surface area contributed by atoms with E-state index in [1.165, 1.54) is 6.07 Å². The van der Waals surface area contributed by atoms with Gasteiger partial charge in [-0.3, -0.25) is 9.48 Å². The number of carbonyl (C=O) groups is 1. The van der Waals surface area contributed by atoms with E-state index in [4.69, 9.17) is 9.84 Å². The monoisotopic (exact) mass is 530 g/mol. The molecule has 1 heterocycles. The van der Waals surface area contributed by atoms with Crippen LogP contribution in [0.1, 0.15) is 35.1 Å². The van der Waals surface area contributed by atoms with Crippen LogP contribution in [0.25, 0.3) is 22.2 Å². The third-order valence-corrected chi connectivity index (χ3v) is 6.63. The first-order valence-electron chi connectivity index (χ1n) is 12.4. The zero-order chi connectivity index (χ0) is 27.6. The molecule has 0 saturated heterocycles. The summed E-state index contributed by atoms with van der Waals surface area (Å²) in [6.07, 6.45) is -4.52. The Hall–Kier alpha value is -4.59. The lowest BCUT2D eigenvalue weighted by Gasteiger charge is -2.11. The molecule has 0 aliphatic carbocycles. The summed E-state index contributed by atoms with van der Waals surface area (Å²) in [6.45, 7) is 2.23. The Morgan fingerprint density at radius 1 is 0.897 bits per heavy atom. The molecule has 8 heteroatoms. The van der Waals surface area contributed by atoms with Crippen molar-refractivity contribution in [3.8, 4) is 17.0 Å². The fourth-order valence-electron chi connectivity index (χ4n) is 4.48. The van der Waals surface area contributed by atoms with Crippen LogP contribution in [-0.4, -0.2) is 20.9 Å². The molecule has 5 nitrogen and oxygen atoms in total. The van der Waals surface area contributed by atoms with E-state index >= 15 is 0 Å². The van der Waals surface area contributed by atoms with Crippen molar-refractivity contribution in [3.05, 3.63) is 119 Å². The number of aromatic nitrogens is 2. The van der Waals surface area contributed by atoms with Gasteiger partial charge in [0.2, 0.25) is 0 Å². The fraction of sp³-hybridized carbons (Fsp3) is 0.161. The summed E-state index contributed by atoms with van der Waals surface area (Å²) in [5.74, 6) is -0.881. The number of nitrogens with zero attached hydrogens (tertiary/aromatic N) is 2. The normalized spacial score (nSPS) is 12.4. The molecular weight excluding hydrogens is 505 g/mol. The minimum absolute atomic E-state index is 0.0862. The van der Waals surface area contributed by atoms with Crippen molar-refractivity contribution < 1.29 is 27.8 Å². The predicted molar refractivity (Wildman–Crippen MR) is 143 cm³/mol. The van der Waals surface area contributed by atoms with E-state index in [1.807, 2.05) is 54.6 Å². The molecule has 39 heavy (non-hydrogen) atoms. The Kier molecular flexibility index (Phi) is 7.11. The number of fused-ring (bicyclic) bond motifs is 1. The van der Waals surface area contributed by atoms with Crippen LogP contribution in [0.15, 0.2) is 97.1 Å². The number of rotatable bonds is 8. The SMILES string of the molecule is CC(C(=O)O)c1ccc(COc2ccc(-c3c4cccc(C(F)(F)F)c4nn3Cc3ccccc3)cc2)cc1. The van der Waals surface area contributed by atoms with Gasteiger partial charge in [0.25, 0.3) is 0 Å². The number of hydrogen-bond acceptors (Lipinski definition) is 3. The number of carboxylic acids is 1. The Morgan fingerprint density at radius 2 is 1.59 bits per heavy atom. The van der Waals surface area contributed by atoms with Crippen LogP contribution in [0.2, 0.25) is 0 Å². The third kappa shape index (κ3) is 5.65. The van der Waals surface area contributed by atoms with E-state index < -0.39 is 23.6 Å². The second kappa shape index (κ2) is 10.6. The number of ether oxygens (including phenoxy) is 1. The van der Waals surface area contributed by atoms with Gasteiger partial charge < -0.3 is 9.84 Å². The Labute approximate surface area is 223 Å². The van der Waals surface area contributed by atoms with Crippen LogP contribution in [0.3, 0.4) is 0 Å². The topological polar surface area (TPSA) is 64.3 Å². The molecule has 198 valence electrons. The summed E-state index contributed by atoms with van der Waals surface area (Å²) in [4.78, 5) is 11.2. The van der Waals surface area contributed by atoms with E-state index in [2.05, 4.69) is 5.10 Å². The fourth-order valence-corrected chi connectivity index (χ4v) is 4.48. The number of aliphatic carboxylic acids is 1. The van der Waals surface area contributed by atoms with Gasteiger partial charge in [-0.25, -0.2) is 0 Å². The van der Waals surface area contributed by atoms with Crippen molar-refractivity contribution >= 4 is 16.9 Å². The zero-order valence-electron chi connectivity index (χ0n) is 21.0. The van der Waals surface area contributed by atoms with Crippen molar-refractivity contribution in [3.63, 3.8) is 0 Å². The molecule has 1 atom stereocenters. The second-order valence-corrected chi connectivity index (χ2v) is 9.31. The Bertz CT molecular complexity index is 1590. The minimum atomic E-state index is -4.52. The van der Waals surface area contributed by atoms with Crippen molar-refractivity contribution in [1.29, 1.82) is 0 Å². The number of halogens is 3. The molecule has 1 N–H and O–H groups in total. The summed E-state index contributed by atoms with van der Waals surface area (Å²) in [7, 11) is 0. The summed E-state index contributed by atoms with van der Waals surface area (Å²) < 4.78 is 48.8.